The van der Waals surface area contributed by atoms with Crippen LogP contribution in [0.2, 0.25) is 0 Å². The van der Waals surface area contributed by atoms with Gasteiger partial charge >= 0.3 is 0 Å². The van der Waals surface area contributed by atoms with Gasteiger partial charge in [0.25, 0.3) is 0 Å². The standard InChI is InChI=1S/C23H38N4O2/c1-4-13-27-14-12-18(17-27)15-25-23(24-2)26-16-19-8-7-11-21(28-3)22(19)29-20-9-5-6-10-20/h7-8,11,18,20H,4-6,9-10,12-17H2,1-3H3,(H2,24,25,26). The van der Waals surface area contributed by atoms with Crippen molar-refractivity contribution < 1.29 is 9.47 Å². The second-order valence-electron chi connectivity index (χ2n) is 8.23. The van der Waals surface area contributed by atoms with Crippen LogP contribution in [0.1, 0.15) is 51.0 Å². The minimum Gasteiger partial charge on any atom is -0.493 e. The zero-order valence-corrected chi connectivity index (χ0v) is 18.4. The quantitative estimate of drug-likeness (QED) is 0.490. The molecule has 0 radical (unpaired) electrons. The molecule has 0 spiro atoms. The number of rotatable bonds is 9. The van der Waals surface area contributed by atoms with Gasteiger partial charge in [-0.2, -0.15) is 0 Å². The van der Waals surface area contributed by atoms with E-state index in [1.807, 2.05) is 19.2 Å². The highest BCUT2D eigenvalue weighted by Gasteiger charge is 2.22. The maximum absolute atomic E-state index is 6.34. The van der Waals surface area contributed by atoms with Crippen molar-refractivity contribution in [3.8, 4) is 11.5 Å². The van der Waals surface area contributed by atoms with Gasteiger partial charge in [-0.25, -0.2) is 0 Å². The molecule has 1 aromatic carbocycles. The van der Waals surface area contributed by atoms with E-state index < -0.39 is 0 Å². The lowest BCUT2D eigenvalue weighted by atomic mass is 10.1. The summed E-state index contributed by atoms with van der Waals surface area (Å²) in [4.78, 5) is 6.96. The van der Waals surface area contributed by atoms with Crippen LogP contribution in [-0.4, -0.2) is 57.3 Å². The van der Waals surface area contributed by atoms with Gasteiger partial charge in [0.15, 0.2) is 17.5 Å². The molecule has 6 nitrogen and oxygen atoms in total. The minimum absolute atomic E-state index is 0.302. The number of aliphatic imine (C=N–C) groups is 1. The average Bonchev–Trinajstić information content (AvgIpc) is 3.41. The molecule has 1 saturated heterocycles. The molecule has 1 heterocycles. The van der Waals surface area contributed by atoms with Crippen LogP contribution in [0.15, 0.2) is 23.2 Å². The molecule has 162 valence electrons. The first-order valence-corrected chi connectivity index (χ1v) is 11.2. The first-order valence-electron chi connectivity index (χ1n) is 11.2. The Bertz CT molecular complexity index is 658. The number of guanidine groups is 1. The normalized spacial score (nSPS) is 20.8. The van der Waals surface area contributed by atoms with E-state index in [1.54, 1.807) is 7.11 Å². The van der Waals surface area contributed by atoms with E-state index in [2.05, 4.69) is 33.5 Å². The molecule has 0 bridgehead atoms. The van der Waals surface area contributed by atoms with Crippen molar-refractivity contribution in [1.82, 2.24) is 15.5 Å². The van der Waals surface area contributed by atoms with E-state index in [1.165, 1.54) is 45.3 Å². The van der Waals surface area contributed by atoms with E-state index in [0.717, 1.165) is 42.4 Å². The summed E-state index contributed by atoms with van der Waals surface area (Å²) < 4.78 is 11.9. The van der Waals surface area contributed by atoms with Crippen molar-refractivity contribution in [3.63, 3.8) is 0 Å². The SMILES string of the molecule is CCCN1CCC(CNC(=NC)NCc2cccc(OC)c2OC2CCCC2)C1. The predicted octanol–water partition coefficient (Wildman–Crippen LogP) is 3.41. The summed E-state index contributed by atoms with van der Waals surface area (Å²) >= 11 is 0. The molecule has 1 aliphatic heterocycles. The molecule has 1 aromatic rings. The summed E-state index contributed by atoms with van der Waals surface area (Å²) in [5, 5.41) is 6.96. The van der Waals surface area contributed by atoms with Crippen LogP contribution in [0.5, 0.6) is 11.5 Å². The van der Waals surface area contributed by atoms with Crippen molar-refractivity contribution in [1.29, 1.82) is 0 Å². The van der Waals surface area contributed by atoms with Crippen LogP contribution in [0.25, 0.3) is 0 Å². The summed E-state index contributed by atoms with van der Waals surface area (Å²) in [5.74, 6) is 3.21. The van der Waals surface area contributed by atoms with Crippen LogP contribution in [0.3, 0.4) is 0 Å². The lowest BCUT2D eigenvalue weighted by molar-refractivity contribution is 0.198. The van der Waals surface area contributed by atoms with E-state index >= 15 is 0 Å². The number of benzene rings is 1. The number of methoxy groups -OCH3 is 1. The fourth-order valence-electron chi connectivity index (χ4n) is 4.41. The Kier molecular flexibility index (Phi) is 8.47. The zero-order valence-electron chi connectivity index (χ0n) is 18.4. The molecular formula is C23H38N4O2. The Morgan fingerprint density at radius 1 is 1.21 bits per heavy atom. The first-order chi connectivity index (χ1) is 14.2. The van der Waals surface area contributed by atoms with E-state index in [0.29, 0.717) is 18.6 Å². The lowest BCUT2D eigenvalue weighted by Crippen LogP contribution is -2.40. The fourth-order valence-corrected chi connectivity index (χ4v) is 4.41. The second kappa shape index (κ2) is 11.3. The maximum Gasteiger partial charge on any atom is 0.191 e. The molecule has 0 aromatic heterocycles. The highest BCUT2D eigenvalue weighted by atomic mass is 16.5. The van der Waals surface area contributed by atoms with Gasteiger partial charge in [0.05, 0.1) is 13.2 Å². The molecule has 1 saturated carbocycles. The first kappa shape index (κ1) is 21.8. The van der Waals surface area contributed by atoms with Gasteiger partial charge in [0.2, 0.25) is 0 Å². The van der Waals surface area contributed by atoms with Gasteiger partial charge in [-0.3, -0.25) is 4.99 Å². The smallest absolute Gasteiger partial charge is 0.191 e. The van der Waals surface area contributed by atoms with Crippen molar-refractivity contribution in [2.45, 2.75) is 58.1 Å². The summed E-state index contributed by atoms with van der Waals surface area (Å²) in [6, 6.07) is 6.10. The molecule has 6 heteroatoms. The third-order valence-corrected chi connectivity index (χ3v) is 6.00. The molecule has 2 fully saturated rings. The van der Waals surface area contributed by atoms with Crippen molar-refractivity contribution in [3.05, 3.63) is 23.8 Å². The number of nitrogens with one attached hydrogen (secondary N) is 2. The van der Waals surface area contributed by atoms with Gasteiger partial charge in [-0.15, -0.1) is 0 Å². The van der Waals surface area contributed by atoms with Crippen LogP contribution in [0, 0.1) is 5.92 Å². The molecule has 0 amide bonds. The van der Waals surface area contributed by atoms with E-state index in [-0.39, 0.29) is 0 Å². The summed E-state index contributed by atoms with van der Waals surface area (Å²) in [5.41, 5.74) is 1.11. The predicted molar refractivity (Wildman–Crippen MR) is 119 cm³/mol. The zero-order chi connectivity index (χ0) is 20.5. The number of ether oxygens (including phenoxy) is 2. The van der Waals surface area contributed by atoms with E-state index in [9.17, 15) is 0 Å². The van der Waals surface area contributed by atoms with Crippen molar-refractivity contribution in [2.24, 2.45) is 10.9 Å². The topological polar surface area (TPSA) is 58.1 Å². The Labute approximate surface area is 176 Å². The monoisotopic (exact) mass is 402 g/mol. The van der Waals surface area contributed by atoms with Gasteiger partial charge in [0.1, 0.15) is 0 Å². The molecule has 1 atom stereocenters. The highest BCUT2D eigenvalue weighted by Crippen LogP contribution is 2.34. The lowest BCUT2D eigenvalue weighted by Gasteiger charge is -2.20. The summed E-state index contributed by atoms with van der Waals surface area (Å²) in [6.07, 6.45) is 7.56. The molecule has 2 N–H and O–H groups in total. The largest absolute Gasteiger partial charge is 0.493 e. The van der Waals surface area contributed by atoms with Gasteiger partial charge in [0, 0.05) is 32.2 Å². The molecular weight excluding hydrogens is 364 g/mol. The Morgan fingerprint density at radius 3 is 2.76 bits per heavy atom. The number of likely N-dealkylation sites (tertiary alicyclic amines) is 1. The molecule has 1 unspecified atom stereocenters. The number of hydrogen-bond donors (Lipinski definition) is 2. The van der Waals surface area contributed by atoms with Crippen LogP contribution in [-0.2, 0) is 6.54 Å². The molecule has 1 aliphatic carbocycles. The molecule has 29 heavy (non-hydrogen) atoms. The van der Waals surface area contributed by atoms with Gasteiger partial charge in [-0.1, -0.05) is 19.1 Å². The van der Waals surface area contributed by atoms with E-state index in [4.69, 9.17) is 9.47 Å². The summed E-state index contributed by atoms with van der Waals surface area (Å²) in [6.45, 7) is 7.49. The van der Waals surface area contributed by atoms with Crippen molar-refractivity contribution in [2.75, 3.05) is 40.3 Å². The van der Waals surface area contributed by atoms with Crippen LogP contribution < -0.4 is 20.1 Å². The molecule has 3 rings (SSSR count). The van der Waals surface area contributed by atoms with Crippen LogP contribution in [0.4, 0.5) is 0 Å². The third-order valence-electron chi connectivity index (χ3n) is 6.00. The van der Waals surface area contributed by atoms with Gasteiger partial charge < -0.3 is 25.0 Å². The molecule has 2 aliphatic rings. The Morgan fingerprint density at radius 2 is 2.03 bits per heavy atom. The second-order valence-corrected chi connectivity index (χ2v) is 8.23. The summed E-state index contributed by atoms with van der Waals surface area (Å²) in [7, 11) is 3.53. The average molecular weight is 403 g/mol. The van der Waals surface area contributed by atoms with Crippen molar-refractivity contribution >= 4 is 5.96 Å². The Hall–Kier alpha value is -1.95. The van der Waals surface area contributed by atoms with Crippen LogP contribution >= 0.6 is 0 Å². The number of nitrogens with zero attached hydrogens (tertiary/aromatic N) is 2. The maximum atomic E-state index is 6.34. The van der Waals surface area contributed by atoms with Gasteiger partial charge in [-0.05, 0) is 63.6 Å². The number of para-hydroxylation sites is 1. The number of hydrogen-bond acceptors (Lipinski definition) is 4. The minimum atomic E-state index is 0.302. The third kappa shape index (κ3) is 6.26. The fraction of sp³-hybridized carbons (Fsp3) is 0.696. The highest BCUT2D eigenvalue weighted by molar-refractivity contribution is 5.79. The Balaban J connectivity index is 1.53.